The zero-order chi connectivity index (χ0) is 12.0. The average Bonchev–Trinajstić information content (AvgIpc) is 2.21. The van der Waals surface area contributed by atoms with Crippen LogP contribution in [-0.2, 0) is 14.3 Å². The Balaban J connectivity index is 2.34. The van der Waals surface area contributed by atoms with Crippen molar-refractivity contribution in [3.8, 4) is 0 Å². The molecule has 0 aliphatic heterocycles. The number of carbonyl (C=O) groups is 2. The van der Waals surface area contributed by atoms with Crippen molar-refractivity contribution < 1.29 is 19.4 Å². The Morgan fingerprint density at radius 2 is 2.12 bits per heavy atom. The van der Waals surface area contributed by atoms with E-state index < -0.39 is 18.5 Å². The smallest absolute Gasteiger partial charge is 0.329 e. The summed E-state index contributed by atoms with van der Waals surface area (Å²) in [7, 11) is 0. The van der Waals surface area contributed by atoms with E-state index in [9.17, 15) is 9.59 Å². The molecule has 8 heteroatoms. The molecule has 0 spiro atoms. The van der Waals surface area contributed by atoms with Crippen molar-refractivity contribution in [2.45, 2.75) is 0 Å². The van der Waals surface area contributed by atoms with Crippen LogP contribution in [0, 0.1) is 0 Å². The SMILES string of the molecule is O=C(O)COCC(=O)Nc1cnc(Br)cn1. The Bertz CT molecular complexity index is 381. The molecule has 0 unspecified atom stereocenters. The molecule has 0 radical (unpaired) electrons. The molecule has 0 saturated carbocycles. The van der Waals surface area contributed by atoms with Crippen LogP contribution in [0.4, 0.5) is 5.82 Å². The number of hydrogen-bond acceptors (Lipinski definition) is 5. The van der Waals surface area contributed by atoms with Crippen LogP contribution in [0.1, 0.15) is 0 Å². The first-order chi connectivity index (χ1) is 7.58. The zero-order valence-electron chi connectivity index (χ0n) is 8.01. The third kappa shape index (κ3) is 4.80. The number of carbonyl (C=O) groups excluding carboxylic acids is 1. The molecule has 7 nitrogen and oxygen atoms in total. The molecule has 0 atom stereocenters. The van der Waals surface area contributed by atoms with Crippen molar-refractivity contribution in [3.63, 3.8) is 0 Å². The summed E-state index contributed by atoms with van der Waals surface area (Å²) in [5, 5.41) is 10.7. The van der Waals surface area contributed by atoms with Gasteiger partial charge in [0.25, 0.3) is 5.91 Å². The van der Waals surface area contributed by atoms with Crippen LogP contribution >= 0.6 is 15.9 Å². The molecular weight excluding hydrogens is 282 g/mol. The third-order valence-corrected chi connectivity index (χ3v) is 1.76. The Hall–Kier alpha value is -1.54. The fourth-order valence-corrected chi connectivity index (χ4v) is 0.992. The lowest BCUT2D eigenvalue weighted by Crippen LogP contribution is -2.21. The molecule has 16 heavy (non-hydrogen) atoms. The third-order valence-electron chi connectivity index (χ3n) is 1.35. The van der Waals surface area contributed by atoms with Gasteiger partial charge in [0.05, 0.1) is 12.4 Å². The minimum atomic E-state index is -1.13. The van der Waals surface area contributed by atoms with Gasteiger partial charge in [0.2, 0.25) is 0 Å². The molecule has 86 valence electrons. The number of aliphatic carboxylic acids is 1. The quantitative estimate of drug-likeness (QED) is 0.807. The molecular formula is C8H8BrN3O4. The van der Waals surface area contributed by atoms with E-state index in [0.717, 1.165) is 0 Å². The van der Waals surface area contributed by atoms with Gasteiger partial charge in [-0.3, -0.25) is 4.79 Å². The van der Waals surface area contributed by atoms with Crippen molar-refractivity contribution in [2.75, 3.05) is 18.5 Å². The number of nitrogens with one attached hydrogen (secondary N) is 1. The summed E-state index contributed by atoms with van der Waals surface area (Å²) in [6, 6.07) is 0. The summed E-state index contributed by atoms with van der Waals surface area (Å²) in [5.74, 6) is -1.35. The predicted octanol–water partition coefficient (Wildman–Crippen LogP) is 0.279. The number of nitrogens with zero attached hydrogens (tertiary/aromatic N) is 2. The van der Waals surface area contributed by atoms with Crippen LogP contribution in [0.5, 0.6) is 0 Å². The molecule has 1 rings (SSSR count). The van der Waals surface area contributed by atoms with Gasteiger partial charge in [0, 0.05) is 0 Å². The number of hydrogen-bond donors (Lipinski definition) is 2. The lowest BCUT2D eigenvalue weighted by atomic mass is 10.6. The Morgan fingerprint density at radius 1 is 1.38 bits per heavy atom. The van der Waals surface area contributed by atoms with Gasteiger partial charge in [-0.25, -0.2) is 14.8 Å². The number of ether oxygens (including phenoxy) is 1. The molecule has 0 aliphatic carbocycles. The number of anilines is 1. The first-order valence-corrected chi connectivity index (χ1v) is 4.94. The van der Waals surface area contributed by atoms with Crippen LogP contribution in [0.15, 0.2) is 17.0 Å². The van der Waals surface area contributed by atoms with Crippen LogP contribution in [-0.4, -0.2) is 40.2 Å². The summed E-state index contributed by atoms with van der Waals surface area (Å²) in [5.41, 5.74) is 0. The number of halogens is 1. The van der Waals surface area contributed by atoms with Gasteiger partial charge < -0.3 is 15.2 Å². The van der Waals surface area contributed by atoms with E-state index in [0.29, 0.717) is 4.60 Å². The molecule has 1 aromatic heterocycles. The van der Waals surface area contributed by atoms with Gasteiger partial charge in [-0.1, -0.05) is 0 Å². The second-order valence-electron chi connectivity index (χ2n) is 2.66. The predicted molar refractivity (Wildman–Crippen MR) is 56.8 cm³/mol. The number of amides is 1. The first-order valence-electron chi connectivity index (χ1n) is 4.15. The van der Waals surface area contributed by atoms with E-state index in [4.69, 9.17) is 5.11 Å². The van der Waals surface area contributed by atoms with Gasteiger partial charge in [0.1, 0.15) is 17.8 Å². The van der Waals surface area contributed by atoms with Gasteiger partial charge in [-0.15, -0.1) is 0 Å². The Morgan fingerprint density at radius 3 is 2.69 bits per heavy atom. The lowest BCUT2D eigenvalue weighted by molar-refractivity contribution is -0.143. The minimum absolute atomic E-state index is 0.270. The fraction of sp³-hybridized carbons (Fsp3) is 0.250. The molecule has 1 heterocycles. The van der Waals surface area contributed by atoms with E-state index in [1.165, 1.54) is 12.4 Å². The summed E-state index contributed by atoms with van der Waals surface area (Å²) >= 11 is 3.09. The zero-order valence-corrected chi connectivity index (χ0v) is 9.60. The number of carboxylic acid groups (broad SMARTS) is 1. The second-order valence-corrected chi connectivity index (χ2v) is 3.47. The van der Waals surface area contributed by atoms with Gasteiger partial charge in [-0.2, -0.15) is 0 Å². The topological polar surface area (TPSA) is 101 Å². The molecule has 0 fully saturated rings. The number of rotatable bonds is 5. The maximum atomic E-state index is 11.2. The standard InChI is InChI=1S/C8H8BrN3O4/c9-5-1-11-6(2-10-5)12-7(13)3-16-4-8(14)15/h1-2H,3-4H2,(H,14,15)(H,11,12,13). The summed E-state index contributed by atoms with van der Waals surface area (Å²) in [4.78, 5) is 29.0. The van der Waals surface area contributed by atoms with Crippen molar-refractivity contribution >= 4 is 33.6 Å². The minimum Gasteiger partial charge on any atom is -0.480 e. The van der Waals surface area contributed by atoms with Crippen molar-refractivity contribution in [2.24, 2.45) is 0 Å². The molecule has 0 aliphatic rings. The van der Waals surface area contributed by atoms with E-state index >= 15 is 0 Å². The number of carboxylic acids is 1. The highest BCUT2D eigenvalue weighted by Gasteiger charge is 2.05. The maximum Gasteiger partial charge on any atom is 0.329 e. The van der Waals surface area contributed by atoms with Crippen LogP contribution < -0.4 is 5.32 Å². The van der Waals surface area contributed by atoms with Crippen LogP contribution in [0.3, 0.4) is 0 Å². The second kappa shape index (κ2) is 6.13. The molecule has 0 saturated heterocycles. The van der Waals surface area contributed by atoms with E-state index in [1.54, 1.807) is 0 Å². The van der Waals surface area contributed by atoms with Crippen molar-refractivity contribution in [1.29, 1.82) is 0 Å². The summed E-state index contributed by atoms with van der Waals surface area (Å²) < 4.78 is 5.13. The molecule has 2 N–H and O–H groups in total. The highest BCUT2D eigenvalue weighted by Crippen LogP contribution is 2.05. The highest BCUT2D eigenvalue weighted by atomic mass is 79.9. The molecule has 1 amide bonds. The van der Waals surface area contributed by atoms with Gasteiger partial charge in [-0.05, 0) is 15.9 Å². The maximum absolute atomic E-state index is 11.2. The van der Waals surface area contributed by atoms with Crippen molar-refractivity contribution in [1.82, 2.24) is 9.97 Å². The molecule has 0 aromatic carbocycles. The van der Waals surface area contributed by atoms with Crippen LogP contribution in [0.25, 0.3) is 0 Å². The largest absolute Gasteiger partial charge is 0.480 e. The van der Waals surface area contributed by atoms with E-state index in [-0.39, 0.29) is 12.4 Å². The van der Waals surface area contributed by atoms with E-state index in [2.05, 4.69) is 36.0 Å². The lowest BCUT2D eigenvalue weighted by Gasteiger charge is -2.03. The first kappa shape index (κ1) is 12.5. The Kier molecular flexibility index (Phi) is 4.80. The normalized spacial score (nSPS) is 9.81. The average molecular weight is 290 g/mol. The molecule has 1 aromatic rings. The Labute approximate surface area is 99.0 Å². The van der Waals surface area contributed by atoms with Gasteiger partial charge in [0.15, 0.2) is 5.82 Å². The van der Waals surface area contributed by atoms with Crippen LogP contribution in [0.2, 0.25) is 0 Å². The van der Waals surface area contributed by atoms with E-state index in [1.807, 2.05) is 0 Å². The van der Waals surface area contributed by atoms with Crippen molar-refractivity contribution in [3.05, 3.63) is 17.0 Å². The fourth-order valence-electron chi connectivity index (χ4n) is 0.787. The van der Waals surface area contributed by atoms with Gasteiger partial charge >= 0.3 is 5.97 Å². The summed E-state index contributed by atoms with van der Waals surface area (Å²) in [6.07, 6.45) is 2.78. The number of aromatic nitrogens is 2. The monoisotopic (exact) mass is 289 g/mol. The highest BCUT2D eigenvalue weighted by molar-refractivity contribution is 9.10. The summed E-state index contributed by atoms with van der Waals surface area (Å²) in [6.45, 7) is -0.858. The molecule has 0 bridgehead atoms.